The maximum atomic E-state index is 12.9. The van der Waals surface area contributed by atoms with Crippen LogP contribution < -0.4 is 0 Å². The number of imidazole rings is 1. The molecule has 1 saturated carbocycles. The first-order chi connectivity index (χ1) is 12.2. The smallest absolute Gasteiger partial charge is 0.226 e. The second-order valence-electron chi connectivity index (χ2n) is 6.77. The minimum atomic E-state index is 0.0435. The maximum Gasteiger partial charge on any atom is 0.226 e. The van der Waals surface area contributed by atoms with Crippen molar-refractivity contribution in [1.29, 1.82) is 0 Å². The van der Waals surface area contributed by atoms with E-state index in [2.05, 4.69) is 38.0 Å². The molecule has 0 bridgehead atoms. The molecule has 2 fully saturated rings. The molecule has 2 atom stereocenters. The molecule has 0 spiro atoms. The van der Waals surface area contributed by atoms with Gasteiger partial charge in [-0.3, -0.25) is 4.79 Å². The van der Waals surface area contributed by atoms with Crippen LogP contribution in [0, 0.1) is 5.92 Å². The SMILES string of the molecule is O=C(C1CCCC1c1ncc(-c2ccc(Br)cc2)[nH]1)N1CCOCC1. The summed E-state index contributed by atoms with van der Waals surface area (Å²) in [5.41, 5.74) is 2.11. The van der Waals surface area contributed by atoms with Crippen molar-refractivity contribution in [2.24, 2.45) is 5.92 Å². The van der Waals surface area contributed by atoms with Gasteiger partial charge in [0.05, 0.1) is 25.1 Å². The lowest BCUT2D eigenvalue weighted by molar-refractivity contribution is -0.140. The van der Waals surface area contributed by atoms with E-state index in [1.165, 1.54) is 0 Å². The molecule has 2 unspecified atom stereocenters. The van der Waals surface area contributed by atoms with Gasteiger partial charge in [-0.05, 0) is 30.5 Å². The lowest BCUT2D eigenvalue weighted by Gasteiger charge is -2.30. The van der Waals surface area contributed by atoms with E-state index in [1.54, 1.807) is 0 Å². The maximum absolute atomic E-state index is 12.9. The van der Waals surface area contributed by atoms with Gasteiger partial charge in [0.25, 0.3) is 0 Å². The third-order valence-electron chi connectivity index (χ3n) is 5.26. The Morgan fingerprint density at radius 1 is 1.20 bits per heavy atom. The molecular formula is C19H22BrN3O2. The lowest BCUT2D eigenvalue weighted by atomic mass is 9.93. The number of halogens is 1. The molecule has 25 heavy (non-hydrogen) atoms. The first-order valence-corrected chi connectivity index (χ1v) is 9.69. The molecule has 1 aliphatic carbocycles. The van der Waals surface area contributed by atoms with Crippen LogP contribution in [0.1, 0.15) is 31.0 Å². The van der Waals surface area contributed by atoms with Crippen LogP contribution in [0.3, 0.4) is 0 Å². The number of aromatic amines is 1. The van der Waals surface area contributed by atoms with Gasteiger partial charge in [-0.25, -0.2) is 4.98 Å². The molecule has 0 radical (unpaired) electrons. The van der Waals surface area contributed by atoms with Crippen LogP contribution in [0.2, 0.25) is 0 Å². The van der Waals surface area contributed by atoms with Crippen molar-refractivity contribution in [2.45, 2.75) is 25.2 Å². The molecule has 2 aliphatic rings. The van der Waals surface area contributed by atoms with Crippen LogP contribution in [0.5, 0.6) is 0 Å². The number of benzene rings is 1. The summed E-state index contributed by atoms with van der Waals surface area (Å²) in [6, 6.07) is 8.17. The number of nitrogens with zero attached hydrogens (tertiary/aromatic N) is 2. The number of rotatable bonds is 3. The molecule has 132 valence electrons. The molecule has 5 nitrogen and oxygen atoms in total. The van der Waals surface area contributed by atoms with Gasteiger partial charge in [0.1, 0.15) is 5.82 Å². The Hall–Kier alpha value is -1.66. The number of morpholine rings is 1. The number of amides is 1. The van der Waals surface area contributed by atoms with Gasteiger partial charge in [-0.1, -0.05) is 34.5 Å². The second-order valence-corrected chi connectivity index (χ2v) is 7.69. The van der Waals surface area contributed by atoms with Crippen LogP contribution >= 0.6 is 15.9 Å². The number of nitrogens with one attached hydrogen (secondary N) is 1. The number of carbonyl (C=O) groups is 1. The number of hydrogen-bond donors (Lipinski definition) is 1. The standard InChI is InChI=1S/C19H22BrN3O2/c20-14-6-4-13(5-7-14)17-12-21-18(22-17)15-2-1-3-16(15)19(24)23-8-10-25-11-9-23/h4-7,12,15-16H,1-3,8-11H2,(H,21,22). The van der Waals surface area contributed by atoms with Gasteiger partial charge in [0.2, 0.25) is 5.91 Å². The van der Waals surface area contributed by atoms with Crippen molar-refractivity contribution in [3.05, 3.63) is 40.8 Å². The van der Waals surface area contributed by atoms with Crippen molar-refractivity contribution in [3.63, 3.8) is 0 Å². The third-order valence-corrected chi connectivity index (χ3v) is 5.79. The van der Waals surface area contributed by atoms with E-state index >= 15 is 0 Å². The fourth-order valence-corrected chi connectivity index (χ4v) is 4.17. The minimum Gasteiger partial charge on any atom is -0.378 e. The summed E-state index contributed by atoms with van der Waals surface area (Å²) in [5, 5.41) is 0. The van der Waals surface area contributed by atoms with Crippen molar-refractivity contribution in [2.75, 3.05) is 26.3 Å². The highest BCUT2D eigenvalue weighted by molar-refractivity contribution is 9.10. The Morgan fingerprint density at radius 2 is 1.96 bits per heavy atom. The van der Waals surface area contributed by atoms with Gasteiger partial charge in [-0.2, -0.15) is 0 Å². The number of H-pyrrole nitrogens is 1. The number of hydrogen-bond acceptors (Lipinski definition) is 3. The number of aromatic nitrogens is 2. The summed E-state index contributed by atoms with van der Waals surface area (Å²) >= 11 is 3.46. The fourth-order valence-electron chi connectivity index (χ4n) is 3.90. The van der Waals surface area contributed by atoms with Gasteiger partial charge in [-0.15, -0.1) is 0 Å². The second kappa shape index (κ2) is 7.30. The zero-order valence-corrected chi connectivity index (χ0v) is 15.7. The van der Waals surface area contributed by atoms with E-state index in [4.69, 9.17) is 4.74 Å². The van der Waals surface area contributed by atoms with E-state index in [9.17, 15) is 4.79 Å². The highest BCUT2D eigenvalue weighted by Crippen LogP contribution is 2.40. The average Bonchev–Trinajstić information content (AvgIpc) is 3.31. The molecule has 1 amide bonds. The summed E-state index contributed by atoms with van der Waals surface area (Å²) in [4.78, 5) is 23.0. The van der Waals surface area contributed by atoms with Crippen molar-refractivity contribution in [1.82, 2.24) is 14.9 Å². The molecule has 1 aliphatic heterocycles. The zero-order chi connectivity index (χ0) is 17.2. The molecule has 1 saturated heterocycles. The van der Waals surface area contributed by atoms with Crippen molar-refractivity contribution < 1.29 is 9.53 Å². The quantitative estimate of drug-likeness (QED) is 0.851. The van der Waals surface area contributed by atoms with Gasteiger partial charge in [0, 0.05) is 29.4 Å². The highest BCUT2D eigenvalue weighted by Gasteiger charge is 2.38. The predicted molar refractivity (Wildman–Crippen MR) is 99.2 cm³/mol. The minimum absolute atomic E-state index is 0.0435. The summed E-state index contributed by atoms with van der Waals surface area (Å²) in [7, 11) is 0. The van der Waals surface area contributed by atoms with Gasteiger partial charge < -0.3 is 14.6 Å². The molecule has 2 aromatic rings. The van der Waals surface area contributed by atoms with E-state index < -0.39 is 0 Å². The van der Waals surface area contributed by atoms with E-state index in [0.717, 1.165) is 40.8 Å². The van der Waals surface area contributed by atoms with Crippen LogP contribution in [0.4, 0.5) is 0 Å². The molecule has 2 heterocycles. The van der Waals surface area contributed by atoms with Crippen LogP contribution in [0.15, 0.2) is 34.9 Å². The molecular weight excluding hydrogens is 382 g/mol. The molecule has 1 aromatic carbocycles. The first-order valence-electron chi connectivity index (χ1n) is 8.90. The molecule has 6 heteroatoms. The van der Waals surface area contributed by atoms with Crippen molar-refractivity contribution in [3.8, 4) is 11.3 Å². The van der Waals surface area contributed by atoms with E-state index in [-0.39, 0.29) is 17.7 Å². The van der Waals surface area contributed by atoms with E-state index in [1.807, 2.05) is 23.2 Å². The monoisotopic (exact) mass is 403 g/mol. The van der Waals surface area contributed by atoms with Crippen LogP contribution in [0.25, 0.3) is 11.3 Å². The summed E-state index contributed by atoms with van der Waals surface area (Å²) in [6.07, 6.45) is 4.94. The Morgan fingerprint density at radius 3 is 2.72 bits per heavy atom. The van der Waals surface area contributed by atoms with Crippen molar-refractivity contribution >= 4 is 21.8 Å². The summed E-state index contributed by atoms with van der Waals surface area (Å²) in [6.45, 7) is 2.73. The van der Waals surface area contributed by atoms with Crippen LogP contribution in [-0.2, 0) is 9.53 Å². The predicted octanol–water partition coefficient (Wildman–Crippen LogP) is 3.58. The zero-order valence-electron chi connectivity index (χ0n) is 14.1. The fraction of sp³-hybridized carbons (Fsp3) is 0.474. The number of ether oxygens (including phenoxy) is 1. The molecule has 1 N–H and O–H groups in total. The lowest BCUT2D eigenvalue weighted by Crippen LogP contribution is -2.44. The normalized spacial score (nSPS) is 23.8. The van der Waals surface area contributed by atoms with Crippen LogP contribution in [-0.4, -0.2) is 47.1 Å². The topological polar surface area (TPSA) is 58.2 Å². The first kappa shape index (κ1) is 16.8. The largest absolute Gasteiger partial charge is 0.378 e. The Kier molecular flexibility index (Phi) is 4.90. The molecule has 1 aromatic heterocycles. The third kappa shape index (κ3) is 3.51. The Bertz CT molecular complexity index is 737. The molecule has 4 rings (SSSR count). The summed E-state index contributed by atoms with van der Waals surface area (Å²) in [5.74, 6) is 1.45. The number of carbonyl (C=O) groups excluding carboxylic acids is 1. The van der Waals surface area contributed by atoms with Gasteiger partial charge >= 0.3 is 0 Å². The van der Waals surface area contributed by atoms with E-state index in [0.29, 0.717) is 26.3 Å². The Labute approximate surface area is 155 Å². The van der Waals surface area contributed by atoms with Gasteiger partial charge in [0.15, 0.2) is 0 Å². The Balaban J connectivity index is 1.52. The average molecular weight is 404 g/mol. The highest BCUT2D eigenvalue weighted by atomic mass is 79.9. The summed E-state index contributed by atoms with van der Waals surface area (Å²) < 4.78 is 6.43.